The highest BCUT2D eigenvalue weighted by Gasteiger charge is 2.22. The zero-order valence-corrected chi connectivity index (χ0v) is 16.9. The lowest BCUT2D eigenvalue weighted by molar-refractivity contribution is -0.115. The molecule has 6 heteroatoms. The lowest BCUT2D eigenvalue weighted by atomic mass is 10.00. The summed E-state index contributed by atoms with van der Waals surface area (Å²) in [6.45, 7) is 7.38. The molecule has 1 amide bonds. The number of carbonyl (C=O) groups is 1. The summed E-state index contributed by atoms with van der Waals surface area (Å²) in [6.07, 6.45) is 1.55. The normalized spacial score (nSPS) is 17.2. The maximum atomic E-state index is 11.6. The van der Waals surface area contributed by atoms with Crippen LogP contribution >= 0.6 is 11.5 Å². The first-order valence-electron chi connectivity index (χ1n) is 9.91. The van der Waals surface area contributed by atoms with E-state index in [0.29, 0.717) is 6.42 Å². The van der Waals surface area contributed by atoms with Gasteiger partial charge in [-0.3, -0.25) is 9.69 Å². The van der Waals surface area contributed by atoms with Crippen molar-refractivity contribution >= 4 is 39.0 Å². The van der Waals surface area contributed by atoms with Crippen LogP contribution in [0.2, 0.25) is 0 Å². The van der Waals surface area contributed by atoms with Gasteiger partial charge < -0.3 is 10.2 Å². The van der Waals surface area contributed by atoms with Crippen molar-refractivity contribution in [2.75, 3.05) is 42.9 Å². The third-order valence-corrected chi connectivity index (χ3v) is 6.73. The van der Waals surface area contributed by atoms with Gasteiger partial charge in [-0.15, -0.1) is 0 Å². The fourth-order valence-corrected chi connectivity index (χ4v) is 5.06. The topological polar surface area (TPSA) is 48.5 Å². The van der Waals surface area contributed by atoms with Crippen molar-refractivity contribution in [1.82, 2.24) is 9.27 Å². The molecule has 1 N–H and O–H groups in total. The zero-order chi connectivity index (χ0) is 19.1. The number of anilines is 2. The van der Waals surface area contributed by atoms with Gasteiger partial charge in [-0.05, 0) is 59.8 Å². The average Bonchev–Trinajstić information content (AvgIpc) is 3.29. The van der Waals surface area contributed by atoms with Gasteiger partial charge in [0.1, 0.15) is 5.82 Å². The van der Waals surface area contributed by atoms with Crippen molar-refractivity contribution in [3.05, 3.63) is 53.1 Å². The highest BCUT2D eigenvalue weighted by atomic mass is 32.1. The molecule has 3 heterocycles. The Labute approximate surface area is 169 Å². The molecule has 0 radical (unpaired) electrons. The third kappa shape index (κ3) is 3.27. The van der Waals surface area contributed by atoms with Gasteiger partial charge >= 0.3 is 0 Å². The molecule has 1 aromatic heterocycles. The second-order valence-electron chi connectivity index (χ2n) is 7.74. The molecule has 2 aromatic carbocycles. The van der Waals surface area contributed by atoms with Crippen LogP contribution in [0.25, 0.3) is 10.1 Å². The smallest absolute Gasteiger partial charge is 0.228 e. The number of nitrogens with one attached hydrogen (secondary N) is 1. The molecule has 2 aliphatic rings. The van der Waals surface area contributed by atoms with Crippen LogP contribution in [0, 0.1) is 6.92 Å². The van der Waals surface area contributed by atoms with Crippen LogP contribution in [0.4, 0.5) is 11.5 Å². The van der Waals surface area contributed by atoms with Crippen LogP contribution in [0.1, 0.15) is 16.7 Å². The fraction of sp³-hybridized carbons (Fsp3) is 0.364. The largest absolute Gasteiger partial charge is 0.353 e. The first-order valence-corrected chi connectivity index (χ1v) is 10.7. The minimum Gasteiger partial charge on any atom is -0.353 e. The van der Waals surface area contributed by atoms with Crippen molar-refractivity contribution < 1.29 is 4.79 Å². The second-order valence-corrected chi connectivity index (χ2v) is 8.55. The molecule has 5 nitrogen and oxygen atoms in total. The molecule has 1 saturated heterocycles. The Morgan fingerprint density at radius 1 is 1.14 bits per heavy atom. The highest BCUT2D eigenvalue weighted by molar-refractivity contribution is 7.13. The Morgan fingerprint density at radius 3 is 2.82 bits per heavy atom. The second kappa shape index (κ2) is 7.18. The lowest BCUT2D eigenvalue weighted by Gasteiger charge is -2.35. The summed E-state index contributed by atoms with van der Waals surface area (Å²) >= 11 is 1.59. The number of benzene rings is 2. The summed E-state index contributed by atoms with van der Waals surface area (Å²) < 4.78 is 5.97. The first-order chi connectivity index (χ1) is 13.7. The van der Waals surface area contributed by atoms with Gasteiger partial charge in [0.05, 0.1) is 11.1 Å². The number of nitrogens with zero attached hydrogens (tertiary/aromatic N) is 3. The number of carbonyl (C=O) groups excluding carboxylic acids is 1. The Balaban J connectivity index is 1.20. The summed E-state index contributed by atoms with van der Waals surface area (Å²) in [5.41, 5.74) is 4.78. The van der Waals surface area contributed by atoms with Gasteiger partial charge in [-0.1, -0.05) is 18.2 Å². The molecule has 0 spiro atoms. The van der Waals surface area contributed by atoms with E-state index in [-0.39, 0.29) is 5.91 Å². The quantitative estimate of drug-likeness (QED) is 0.739. The summed E-state index contributed by atoms with van der Waals surface area (Å²) in [4.78, 5) is 16.6. The molecule has 5 rings (SSSR count). The number of rotatable bonds is 4. The molecule has 0 aliphatic carbocycles. The van der Waals surface area contributed by atoms with Crippen molar-refractivity contribution in [2.45, 2.75) is 19.8 Å². The maximum Gasteiger partial charge on any atom is 0.228 e. The molecule has 3 aromatic rings. The highest BCUT2D eigenvalue weighted by Crippen LogP contribution is 2.30. The number of aryl methyl sites for hydroxylation is 1. The van der Waals surface area contributed by atoms with E-state index in [1.807, 2.05) is 0 Å². The number of hydrogen-bond donors (Lipinski definition) is 1. The van der Waals surface area contributed by atoms with Gasteiger partial charge in [-0.25, -0.2) is 0 Å². The Bertz CT molecular complexity index is 1040. The monoisotopic (exact) mass is 392 g/mol. The van der Waals surface area contributed by atoms with Gasteiger partial charge in [0, 0.05) is 43.8 Å². The molecule has 144 valence electrons. The van der Waals surface area contributed by atoms with Crippen LogP contribution < -0.4 is 10.2 Å². The van der Waals surface area contributed by atoms with E-state index in [2.05, 4.69) is 58.4 Å². The van der Waals surface area contributed by atoms with Crippen molar-refractivity contribution in [2.24, 2.45) is 0 Å². The van der Waals surface area contributed by atoms with Crippen LogP contribution in [0.3, 0.4) is 0 Å². The van der Waals surface area contributed by atoms with E-state index in [9.17, 15) is 4.79 Å². The first kappa shape index (κ1) is 17.6. The van der Waals surface area contributed by atoms with Gasteiger partial charge in [0.2, 0.25) is 5.91 Å². The molecule has 0 saturated carbocycles. The Morgan fingerprint density at radius 2 is 1.96 bits per heavy atom. The number of aromatic nitrogens is 1. The van der Waals surface area contributed by atoms with Crippen molar-refractivity contribution in [3.8, 4) is 0 Å². The Kier molecular flexibility index (Phi) is 4.53. The molecule has 0 atom stereocenters. The number of hydrogen-bond acceptors (Lipinski definition) is 5. The molecule has 1 fully saturated rings. The van der Waals surface area contributed by atoms with E-state index >= 15 is 0 Å². The number of fused-ring (bicyclic) bond motifs is 2. The third-order valence-electron chi connectivity index (χ3n) is 5.91. The average molecular weight is 393 g/mol. The number of amides is 1. The molecule has 0 unspecified atom stereocenters. The van der Waals surface area contributed by atoms with Gasteiger partial charge in [0.15, 0.2) is 0 Å². The predicted octanol–water partition coefficient (Wildman–Crippen LogP) is 3.46. The van der Waals surface area contributed by atoms with E-state index in [0.717, 1.165) is 56.2 Å². The summed E-state index contributed by atoms with van der Waals surface area (Å²) in [6, 6.07) is 12.8. The van der Waals surface area contributed by atoms with E-state index in [1.165, 1.54) is 21.2 Å². The summed E-state index contributed by atoms with van der Waals surface area (Å²) in [5.74, 6) is 1.25. The molecular formula is C22H24N4OS. The summed E-state index contributed by atoms with van der Waals surface area (Å²) in [5, 5.41) is 4.22. The number of piperazine rings is 1. The van der Waals surface area contributed by atoms with Crippen molar-refractivity contribution in [1.29, 1.82) is 0 Å². The van der Waals surface area contributed by atoms with E-state index in [1.54, 1.807) is 11.5 Å². The van der Waals surface area contributed by atoms with Gasteiger partial charge in [0.25, 0.3) is 0 Å². The minimum atomic E-state index is 0.109. The SMILES string of the molecule is Cc1cc2c(cc1CCN1CCN(c3nsc4ccccc34)CC1)CC(=O)N2. The Hall–Kier alpha value is -2.44. The lowest BCUT2D eigenvalue weighted by Crippen LogP contribution is -2.47. The van der Waals surface area contributed by atoms with Gasteiger partial charge in [-0.2, -0.15) is 4.37 Å². The molecule has 2 aliphatic heterocycles. The standard InChI is InChI=1S/C22H24N4OS/c1-15-12-19-17(14-21(27)23-19)13-16(15)6-7-25-8-10-26(11-9-25)22-18-4-2-3-5-20(18)28-24-22/h2-5,12-13H,6-11,14H2,1H3,(H,23,27). The van der Waals surface area contributed by atoms with Crippen molar-refractivity contribution in [3.63, 3.8) is 0 Å². The maximum absolute atomic E-state index is 11.6. The van der Waals surface area contributed by atoms with E-state index in [4.69, 9.17) is 4.37 Å². The minimum absolute atomic E-state index is 0.109. The van der Waals surface area contributed by atoms with Crippen LogP contribution in [-0.4, -0.2) is 47.9 Å². The van der Waals surface area contributed by atoms with Crippen LogP contribution in [0.5, 0.6) is 0 Å². The predicted molar refractivity (Wildman–Crippen MR) is 115 cm³/mol. The molecular weight excluding hydrogens is 368 g/mol. The zero-order valence-electron chi connectivity index (χ0n) is 16.1. The fourth-order valence-electron chi connectivity index (χ4n) is 4.27. The van der Waals surface area contributed by atoms with Crippen LogP contribution in [0.15, 0.2) is 36.4 Å². The van der Waals surface area contributed by atoms with Crippen LogP contribution in [-0.2, 0) is 17.6 Å². The summed E-state index contributed by atoms with van der Waals surface area (Å²) in [7, 11) is 0. The molecule has 28 heavy (non-hydrogen) atoms. The molecule has 0 bridgehead atoms. The van der Waals surface area contributed by atoms with E-state index < -0.39 is 0 Å².